The predicted molar refractivity (Wildman–Crippen MR) is 76.5 cm³/mol. The molecule has 2 aromatic rings. The highest BCUT2D eigenvalue weighted by Crippen LogP contribution is 2.42. The lowest BCUT2D eigenvalue weighted by Gasteiger charge is -2.08. The van der Waals surface area contributed by atoms with E-state index in [2.05, 4.69) is 32.6 Å². The molecule has 0 atom stereocenters. The van der Waals surface area contributed by atoms with Crippen LogP contribution in [0.3, 0.4) is 0 Å². The maximum Gasteiger partial charge on any atom is 0.162 e. The zero-order valence-electron chi connectivity index (χ0n) is 9.83. The van der Waals surface area contributed by atoms with Gasteiger partial charge in [0.1, 0.15) is 17.5 Å². The number of hydrogen-bond donors (Lipinski definition) is 1. The molecular formula is C13H10F2IN3. The van der Waals surface area contributed by atoms with Crippen LogP contribution in [0.15, 0.2) is 18.2 Å². The van der Waals surface area contributed by atoms with Crippen molar-refractivity contribution in [1.82, 2.24) is 9.97 Å². The Morgan fingerprint density at radius 1 is 1.11 bits per heavy atom. The summed E-state index contributed by atoms with van der Waals surface area (Å²) in [4.78, 5) is 8.54. The number of nitrogens with two attached hydrogens (primary N) is 1. The van der Waals surface area contributed by atoms with Gasteiger partial charge in [0.25, 0.3) is 0 Å². The molecule has 3 rings (SSSR count). The van der Waals surface area contributed by atoms with Crippen LogP contribution in [0.1, 0.15) is 24.5 Å². The van der Waals surface area contributed by atoms with Crippen molar-refractivity contribution in [2.24, 2.45) is 0 Å². The normalized spacial score (nSPS) is 14.7. The first-order chi connectivity index (χ1) is 9.04. The van der Waals surface area contributed by atoms with Crippen molar-refractivity contribution in [3.8, 4) is 11.4 Å². The Kier molecular flexibility index (Phi) is 3.12. The van der Waals surface area contributed by atoms with Gasteiger partial charge in [0, 0.05) is 17.5 Å². The molecule has 98 valence electrons. The van der Waals surface area contributed by atoms with Crippen molar-refractivity contribution in [1.29, 1.82) is 0 Å². The van der Waals surface area contributed by atoms with Crippen molar-refractivity contribution in [2.75, 3.05) is 5.73 Å². The van der Waals surface area contributed by atoms with Gasteiger partial charge in [-0.3, -0.25) is 0 Å². The molecule has 1 aliphatic carbocycles. The van der Waals surface area contributed by atoms with Gasteiger partial charge in [-0.05, 0) is 47.6 Å². The molecule has 0 aliphatic heterocycles. The summed E-state index contributed by atoms with van der Waals surface area (Å²) in [7, 11) is 0. The van der Waals surface area contributed by atoms with Crippen molar-refractivity contribution in [3.05, 3.63) is 39.1 Å². The summed E-state index contributed by atoms with van der Waals surface area (Å²) in [5.41, 5.74) is 7.04. The molecule has 0 bridgehead atoms. The zero-order chi connectivity index (χ0) is 13.6. The third kappa shape index (κ3) is 2.54. The first-order valence-electron chi connectivity index (χ1n) is 5.84. The standard InChI is InChI=1S/C13H10F2IN3/c14-8-3-7(4-9(15)5-8)13-18-11(6-1-2-6)10(16)12(17)19-13/h3-6H,1-2H2,(H2,17,18,19). The average molecular weight is 373 g/mol. The van der Waals surface area contributed by atoms with E-state index in [-0.39, 0.29) is 5.82 Å². The van der Waals surface area contributed by atoms with E-state index in [1.807, 2.05) is 0 Å². The molecule has 0 amide bonds. The second-order valence-corrected chi connectivity index (χ2v) is 5.64. The van der Waals surface area contributed by atoms with Gasteiger partial charge in [0.2, 0.25) is 0 Å². The number of anilines is 1. The van der Waals surface area contributed by atoms with Crippen LogP contribution in [0.5, 0.6) is 0 Å². The fourth-order valence-electron chi connectivity index (χ4n) is 1.92. The van der Waals surface area contributed by atoms with Gasteiger partial charge >= 0.3 is 0 Å². The highest BCUT2D eigenvalue weighted by Gasteiger charge is 2.29. The molecule has 6 heteroatoms. The number of nitrogen functional groups attached to an aromatic ring is 1. The van der Waals surface area contributed by atoms with E-state index in [1.54, 1.807) is 0 Å². The molecule has 0 spiro atoms. The number of halogens is 3. The summed E-state index contributed by atoms with van der Waals surface area (Å²) < 4.78 is 27.3. The molecule has 1 fully saturated rings. The Balaban J connectivity index is 2.14. The van der Waals surface area contributed by atoms with Gasteiger partial charge in [-0.2, -0.15) is 0 Å². The molecule has 3 nitrogen and oxygen atoms in total. The average Bonchev–Trinajstić information content (AvgIpc) is 3.15. The Morgan fingerprint density at radius 2 is 1.74 bits per heavy atom. The van der Waals surface area contributed by atoms with E-state index in [1.165, 1.54) is 12.1 Å². The van der Waals surface area contributed by atoms with Crippen molar-refractivity contribution in [2.45, 2.75) is 18.8 Å². The Bertz CT molecular complexity index is 636. The second-order valence-electron chi connectivity index (χ2n) is 4.56. The van der Waals surface area contributed by atoms with Crippen LogP contribution in [0.4, 0.5) is 14.6 Å². The van der Waals surface area contributed by atoms with Gasteiger partial charge in [0.05, 0.1) is 9.26 Å². The first-order valence-corrected chi connectivity index (χ1v) is 6.92. The van der Waals surface area contributed by atoms with Crippen molar-refractivity contribution >= 4 is 28.4 Å². The smallest absolute Gasteiger partial charge is 0.162 e. The predicted octanol–water partition coefficient (Wildman–Crippen LogP) is 3.49. The summed E-state index contributed by atoms with van der Waals surface area (Å²) in [6.07, 6.45) is 2.15. The van der Waals surface area contributed by atoms with Gasteiger partial charge < -0.3 is 5.73 Å². The topological polar surface area (TPSA) is 51.8 Å². The fraction of sp³-hybridized carbons (Fsp3) is 0.231. The van der Waals surface area contributed by atoms with E-state index < -0.39 is 11.6 Å². The largest absolute Gasteiger partial charge is 0.383 e. The third-order valence-electron chi connectivity index (χ3n) is 2.99. The Labute approximate surface area is 122 Å². The maximum absolute atomic E-state index is 13.2. The molecule has 1 aliphatic rings. The number of nitrogens with zero attached hydrogens (tertiary/aromatic N) is 2. The molecule has 1 aromatic heterocycles. The zero-order valence-corrected chi connectivity index (χ0v) is 12.0. The van der Waals surface area contributed by atoms with Gasteiger partial charge in [-0.25, -0.2) is 18.7 Å². The van der Waals surface area contributed by atoms with Crippen LogP contribution >= 0.6 is 22.6 Å². The highest BCUT2D eigenvalue weighted by molar-refractivity contribution is 14.1. The van der Waals surface area contributed by atoms with E-state index >= 15 is 0 Å². The van der Waals surface area contributed by atoms with Gasteiger partial charge in [-0.1, -0.05) is 0 Å². The second kappa shape index (κ2) is 4.66. The first kappa shape index (κ1) is 12.7. The number of benzene rings is 1. The molecule has 0 radical (unpaired) electrons. The lowest BCUT2D eigenvalue weighted by atomic mass is 10.2. The van der Waals surface area contributed by atoms with Gasteiger partial charge in [-0.15, -0.1) is 0 Å². The van der Waals surface area contributed by atoms with Crippen LogP contribution in [0.25, 0.3) is 11.4 Å². The molecule has 1 heterocycles. The minimum absolute atomic E-state index is 0.276. The molecule has 0 unspecified atom stereocenters. The lowest BCUT2D eigenvalue weighted by molar-refractivity contribution is 0.584. The molecule has 19 heavy (non-hydrogen) atoms. The van der Waals surface area contributed by atoms with Crippen LogP contribution in [0, 0.1) is 15.2 Å². The van der Waals surface area contributed by atoms with Crippen LogP contribution in [-0.4, -0.2) is 9.97 Å². The molecule has 1 aromatic carbocycles. The Morgan fingerprint density at radius 3 is 2.32 bits per heavy atom. The number of hydrogen-bond acceptors (Lipinski definition) is 3. The van der Waals surface area contributed by atoms with Crippen LogP contribution in [-0.2, 0) is 0 Å². The number of rotatable bonds is 2. The van der Waals surface area contributed by atoms with Crippen LogP contribution < -0.4 is 5.73 Å². The van der Waals surface area contributed by atoms with Crippen molar-refractivity contribution < 1.29 is 8.78 Å². The summed E-state index contributed by atoms with van der Waals surface area (Å²) in [6, 6.07) is 3.24. The SMILES string of the molecule is Nc1nc(-c2cc(F)cc(F)c2)nc(C2CC2)c1I. The van der Waals surface area contributed by atoms with Crippen molar-refractivity contribution in [3.63, 3.8) is 0 Å². The van der Waals surface area contributed by atoms with E-state index in [0.29, 0.717) is 17.3 Å². The third-order valence-corrected chi connectivity index (χ3v) is 4.09. The summed E-state index contributed by atoms with van der Waals surface area (Å²) >= 11 is 2.11. The van der Waals surface area contributed by atoms with E-state index in [0.717, 1.165) is 28.2 Å². The fourth-order valence-corrected chi connectivity index (χ4v) is 2.60. The molecule has 2 N–H and O–H groups in total. The maximum atomic E-state index is 13.2. The van der Waals surface area contributed by atoms with Crippen LogP contribution in [0.2, 0.25) is 0 Å². The highest BCUT2D eigenvalue weighted by atomic mass is 127. The minimum atomic E-state index is -0.649. The molecular weight excluding hydrogens is 363 g/mol. The molecule has 1 saturated carbocycles. The minimum Gasteiger partial charge on any atom is -0.383 e. The summed E-state index contributed by atoms with van der Waals surface area (Å²) in [6.45, 7) is 0. The van der Waals surface area contributed by atoms with E-state index in [4.69, 9.17) is 5.73 Å². The molecule has 0 saturated heterocycles. The summed E-state index contributed by atoms with van der Waals surface area (Å²) in [5.74, 6) is -0.267. The lowest BCUT2D eigenvalue weighted by Crippen LogP contribution is -2.04. The number of aromatic nitrogens is 2. The monoisotopic (exact) mass is 373 g/mol. The van der Waals surface area contributed by atoms with Gasteiger partial charge in [0.15, 0.2) is 5.82 Å². The summed E-state index contributed by atoms with van der Waals surface area (Å²) in [5, 5.41) is 0. The quantitative estimate of drug-likeness (QED) is 0.821. The Hall–Kier alpha value is -1.31. The van der Waals surface area contributed by atoms with E-state index in [9.17, 15) is 8.78 Å².